The molecule has 2 aromatic rings. The van der Waals surface area contributed by atoms with E-state index in [0.717, 1.165) is 17.7 Å². The minimum atomic E-state index is -3.77. The van der Waals surface area contributed by atoms with Crippen LogP contribution in [0.1, 0.15) is 31.4 Å². The van der Waals surface area contributed by atoms with Gasteiger partial charge in [0.15, 0.2) is 0 Å². The first-order chi connectivity index (χ1) is 12.3. The summed E-state index contributed by atoms with van der Waals surface area (Å²) >= 11 is 5.86. The van der Waals surface area contributed by atoms with Gasteiger partial charge in [0.1, 0.15) is 5.82 Å². The first kappa shape index (κ1) is 20.4. The first-order valence-electron chi connectivity index (χ1n) is 8.12. The lowest BCUT2D eigenvalue weighted by Crippen LogP contribution is -2.32. The van der Waals surface area contributed by atoms with Gasteiger partial charge in [-0.1, -0.05) is 30.7 Å². The van der Waals surface area contributed by atoms with Crippen molar-refractivity contribution >= 4 is 27.5 Å². The Kier molecular flexibility index (Phi) is 7.14. The molecule has 0 spiro atoms. The summed E-state index contributed by atoms with van der Waals surface area (Å²) in [7, 11) is -3.77. The third-order valence-corrected chi connectivity index (χ3v) is 5.51. The molecule has 2 aromatic carbocycles. The third kappa shape index (κ3) is 5.79. The minimum absolute atomic E-state index is 0.00941. The molecule has 0 bridgehead atoms. The Labute approximate surface area is 157 Å². The largest absolute Gasteiger partial charge is 0.349 e. The molecule has 0 fully saturated rings. The van der Waals surface area contributed by atoms with Crippen molar-refractivity contribution < 1.29 is 17.6 Å². The fraction of sp³-hybridized carbons (Fsp3) is 0.278. The molecule has 2 rings (SSSR count). The normalized spacial score (nSPS) is 12.6. The Morgan fingerprint density at radius 1 is 1.12 bits per heavy atom. The molecule has 0 aliphatic rings. The highest BCUT2D eigenvalue weighted by atomic mass is 35.5. The lowest BCUT2D eigenvalue weighted by molar-refractivity contribution is -0.121. The maximum atomic E-state index is 12.9. The Bertz CT molecular complexity index is 840. The van der Waals surface area contributed by atoms with E-state index in [4.69, 9.17) is 11.6 Å². The van der Waals surface area contributed by atoms with Crippen LogP contribution in [-0.2, 0) is 14.8 Å². The Balaban J connectivity index is 1.87. The standard InChI is InChI=1S/C18H20ClFN2O3S/c1-2-17(13-3-5-14(19)6-4-13)22-18(23)11-12-21-26(24,25)16-9-7-15(20)8-10-16/h3-10,17,21H,2,11-12H2,1H3,(H,22,23). The summed E-state index contributed by atoms with van der Waals surface area (Å²) in [5.41, 5.74) is 0.928. The molecule has 0 aliphatic heterocycles. The highest BCUT2D eigenvalue weighted by Crippen LogP contribution is 2.19. The van der Waals surface area contributed by atoms with Crippen molar-refractivity contribution in [3.63, 3.8) is 0 Å². The van der Waals surface area contributed by atoms with Crippen LogP contribution in [0.15, 0.2) is 53.4 Å². The molecule has 0 radical (unpaired) electrons. The molecule has 5 nitrogen and oxygen atoms in total. The van der Waals surface area contributed by atoms with Gasteiger partial charge in [0, 0.05) is 18.0 Å². The smallest absolute Gasteiger partial charge is 0.240 e. The zero-order valence-corrected chi connectivity index (χ0v) is 15.8. The van der Waals surface area contributed by atoms with Crippen molar-refractivity contribution in [2.75, 3.05) is 6.54 Å². The van der Waals surface area contributed by atoms with Crippen molar-refractivity contribution in [3.8, 4) is 0 Å². The summed E-state index contributed by atoms with van der Waals surface area (Å²) in [6.07, 6.45) is 0.680. The molecule has 8 heteroatoms. The molecule has 26 heavy (non-hydrogen) atoms. The SMILES string of the molecule is CCC(NC(=O)CCNS(=O)(=O)c1ccc(F)cc1)c1ccc(Cl)cc1. The molecule has 1 amide bonds. The maximum absolute atomic E-state index is 12.9. The van der Waals surface area contributed by atoms with Crippen molar-refractivity contribution in [2.45, 2.75) is 30.7 Å². The van der Waals surface area contributed by atoms with E-state index in [0.29, 0.717) is 11.4 Å². The van der Waals surface area contributed by atoms with E-state index in [1.54, 1.807) is 12.1 Å². The van der Waals surface area contributed by atoms with Crippen LogP contribution in [0.3, 0.4) is 0 Å². The zero-order valence-electron chi connectivity index (χ0n) is 14.2. The Morgan fingerprint density at radius 3 is 2.31 bits per heavy atom. The average molecular weight is 399 g/mol. The summed E-state index contributed by atoms with van der Waals surface area (Å²) in [6.45, 7) is 1.89. The topological polar surface area (TPSA) is 75.3 Å². The fourth-order valence-electron chi connectivity index (χ4n) is 2.38. The van der Waals surface area contributed by atoms with E-state index in [9.17, 15) is 17.6 Å². The number of rotatable bonds is 8. The molecule has 0 heterocycles. The lowest BCUT2D eigenvalue weighted by Gasteiger charge is -2.17. The quantitative estimate of drug-likeness (QED) is 0.715. The average Bonchev–Trinajstić information content (AvgIpc) is 2.61. The van der Waals surface area contributed by atoms with E-state index in [2.05, 4.69) is 10.0 Å². The highest BCUT2D eigenvalue weighted by molar-refractivity contribution is 7.89. The van der Waals surface area contributed by atoms with E-state index < -0.39 is 15.8 Å². The van der Waals surface area contributed by atoms with E-state index in [-0.39, 0.29) is 29.8 Å². The summed E-state index contributed by atoms with van der Waals surface area (Å²) in [5.74, 6) is -0.787. The first-order valence-corrected chi connectivity index (χ1v) is 9.98. The molecule has 2 N–H and O–H groups in total. The molecule has 0 aliphatic carbocycles. The van der Waals surface area contributed by atoms with Crippen LogP contribution in [0, 0.1) is 5.82 Å². The Hall–Kier alpha value is -1.96. The van der Waals surface area contributed by atoms with Gasteiger partial charge in [-0.2, -0.15) is 0 Å². The predicted molar refractivity (Wildman–Crippen MR) is 98.8 cm³/mol. The van der Waals surface area contributed by atoms with Crippen LogP contribution < -0.4 is 10.0 Å². The number of hydrogen-bond donors (Lipinski definition) is 2. The summed E-state index contributed by atoms with van der Waals surface area (Å²) in [6, 6.07) is 11.5. The number of hydrogen-bond acceptors (Lipinski definition) is 3. The van der Waals surface area contributed by atoms with Crippen LogP contribution in [0.2, 0.25) is 5.02 Å². The molecular weight excluding hydrogens is 379 g/mol. The van der Waals surface area contributed by atoms with E-state index >= 15 is 0 Å². The lowest BCUT2D eigenvalue weighted by atomic mass is 10.0. The van der Waals surface area contributed by atoms with Gasteiger partial charge in [-0.05, 0) is 48.4 Å². The van der Waals surface area contributed by atoms with Crippen molar-refractivity contribution in [1.29, 1.82) is 0 Å². The van der Waals surface area contributed by atoms with Crippen LogP contribution in [-0.4, -0.2) is 20.9 Å². The molecule has 0 saturated carbocycles. The second kappa shape index (κ2) is 9.12. The van der Waals surface area contributed by atoms with Gasteiger partial charge >= 0.3 is 0 Å². The van der Waals surface area contributed by atoms with Gasteiger partial charge in [0.05, 0.1) is 10.9 Å². The molecule has 1 atom stereocenters. The van der Waals surface area contributed by atoms with Crippen molar-refractivity contribution in [3.05, 3.63) is 64.9 Å². The van der Waals surface area contributed by atoms with Crippen LogP contribution in [0.4, 0.5) is 4.39 Å². The van der Waals surface area contributed by atoms with Crippen LogP contribution in [0.25, 0.3) is 0 Å². The number of nitrogens with one attached hydrogen (secondary N) is 2. The number of benzene rings is 2. The Morgan fingerprint density at radius 2 is 1.73 bits per heavy atom. The third-order valence-electron chi connectivity index (χ3n) is 3.78. The number of sulfonamides is 1. The maximum Gasteiger partial charge on any atom is 0.240 e. The summed E-state index contributed by atoms with van der Waals surface area (Å²) in [5, 5.41) is 3.49. The predicted octanol–water partition coefficient (Wildman–Crippen LogP) is 3.42. The second-order valence-electron chi connectivity index (χ2n) is 5.68. The van der Waals surface area contributed by atoms with Crippen molar-refractivity contribution in [2.24, 2.45) is 0 Å². The minimum Gasteiger partial charge on any atom is -0.349 e. The number of halogens is 2. The van der Waals surface area contributed by atoms with Crippen LogP contribution >= 0.6 is 11.6 Å². The van der Waals surface area contributed by atoms with E-state index in [1.165, 1.54) is 12.1 Å². The second-order valence-corrected chi connectivity index (χ2v) is 7.88. The highest BCUT2D eigenvalue weighted by Gasteiger charge is 2.16. The van der Waals surface area contributed by atoms with Gasteiger partial charge in [-0.3, -0.25) is 4.79 Å². The van der Waals surface area contributed by atoms with Gasteiger partial charge in [0.25, 0.3) is 0 Å². The van der Waals surface area contributed by atoms with Gasteiger partial charge in [0.2, 0.25) is 15.9 Å². The summed E-state index contributed by atoms with van der Waals surface area (Å²) in [4.78, 5) is 12.0. The molecule has 0 saturated heterocycles. The number of carbonyl (C=O) groups is 1. The van der Waals surface area contributed by atoms with Crippen LogP contribution in [0.5, 0.6) is 0 Å². The zero-order chi connectivity index (χ0) is 19.2. The van der Waals surface area contributed by atoms with E-state index in [1.807, 2.05) is 19.1 Å². The molecular formula is C18H20ClFN2O3S. The number of carbonyl (C=O) groups excluding carboxylic acids is 1. The molecule has 0 aromatic heterocycles. The summed E-state index contributed by atoms with van der Waals surface area (Å²) < 4.78 is 39.4. The number of amides is 1. The fourth-order valence-corrected chi connectivity index (χ4v) is 3.54. The van der Waals surface area contributed by atoms with Crippen molar-refractivity contribution in [1.82, 2.24) is 10.0 Å². The molecule has 140 valence electrons. The van der Waals surface area contributed by atoms with Gasteiger partial charge < -0.3 is 5.32 Å². The van der Waals surface area contributed by atoms with Gasteiger partial charge in [-0.15, -0.1) is 0 Å². The van der Waals surface area contributed by atoms with Gasteiger partial charge in [-0.25, -0.2) is 17.5 Å². The monoisotopic (exact) mass is 398 g/mol. The molecule has 1 unspecified atom stereocenters.